The van der Waals surface area contributed by atoms with E-state index in [0.717, 1.165) is 12.0 Å². The fourth-order valence-electron chi connectivity index (χ4n) is 3.39. The number of aliphatic hydroxyl groups is 1. The third-order valence-corrected chi connectivity index (χ3v) is 4.79. The van der Waals surface area contributed by atoms with E-state index >= 15 is 0 Å². The Hall–Kier alpha value is -1.36. The number of nitrogens with zero attached hydrogens (tertiary/aromatic N) is 1. The average Bonchev–Trinajstić information content (AvgIpc) is 3.07. The maximum absolute atomic E-state index is 9.05. The molecule has 21 heavy (non-hydrogen) atoms. The second-order valence-electron chi connectivity index (χ2n) is 6.22. The number of benzene rings is 1. The minimum atomic E-state index is -0.0868. The summed E-state index contributed by atoms with van der Waals surface area (Å²) >= 11 is 0. The predicted octanol–water partition coefficient (Wildman–Crippen LogP) is 2.19. The molecule has 1 saturated heterocycles. The lowest BCUT2D eigenvalue weighted by Crippen LogP contribution is -2.26. The first-order valence-corrected chi connectivity index (χ1v) is 7.85. The van der Waals surface area contributed by atoms with Crippen molar-refractivity contribution in [2.24, 2.45) is 5.73 Å². The number of hydrogen-bond acceptors (Lipinski definition) is 3. The van der Waals surface area contributed by atoms with Gasteiger partial charge in [-0.2, -0.15) is 0 Å². The topological polar surface area (TPSA) is 65.3 Å². The summed E-state index contributed by atoms with van der Waals surface area (Å²) in [6.45, 7) is 1.34. The summed E-state index contributed by atoms with van der Waals surface area (Å²) in [6.07, 6.45) is 6.42. The molecule has 1 fully saturated rings. The molecule has 0 saturated carbocycles. The minimum absolute atomic E-state index is 0.0868. The molecule has 4 N–H and O–H groups in total. The molecule has 1 aromatic carbocycles. The first kappa shape index (κ1) is 14.6. The van der Waals surface area contributed by atoms with E-state index in [-0.39, 0.29) is 12.6 Å². The van der Waals surface area contributed by atoms with Crippen molar-refractivity contribution in [3.8, 4) is 0 Å². The number of aromatic amines is 1. The van der Waals surface area contributed by atoms with E-state index < -0.39 is 0 Å². The standard InChI is InChI=1S/C17H25N3O/c1-20-7-2-3-14(20)9-13-11-19-17-5-4-12(10-15(13)17)16(18)6-8-21/h4-5,10-11,14,16,19,21H,2-3,6-9,18H2,1H3/t14?,16-/m0/s1. The molecule has 2 heterocycles. The van der Waals surface area contributed by atoms with Crippen molar-refractivity contribution in [1.82, 2.24) is 9.88 Å². The zero-order valence-electron chi connectivity index (χ0n) is 12.7. The van der Waals surface area contributed by atoms with Crippen LogP contribution in [0.15, 0.2) is 24.4 Å². The molecule has 1 aromatic heterocycles. The number of likely N-dealkylation sites (N-methyl/N-ethyl adjacent to an activating group) is 1. The summed E-state index contributed by atoms with van der Waals surface area (Å²) in [6, 6.07) is 6.92. The van der Waals surface area contributed by atoms with Gasteiger partial charge < -0.3 is 20.7 Å². The van der Waals surface area contributed by atoms with Crippen LogP contribution in [-0.2, 0) is 6.42 Å². The number of aliphatic hydroxyl groups excluding tert-OH is 1. The maximum atomic E-state index is 9.05. The van der Waals surface area contributed by atoms with Gasteiger partial charge in [-0.3, -0.25) is 0 Å². The molecule has 0 amide bonds. The van der Waals surface area contributed by atoms with E-state index in [0.29, 0.717) is 12.5 Å². The third kappa shape index (κ3) is 2.98. The SMILES string of the molecule is CN1CCCC1Cc1c[nH]c2ccc([C@@H](N)CCO)cc12. The van der Waals surface area contributed by atoms with Crippen LogP contribution in [0.4, 0.5) is 0 Å². The Labute approximate surface area is 125 Å². The number of H-pyrrole nitrogens is 1. The largest absolute Gasteiger partial charge is 0.396 e. The summed E-state index contributed by atoms with van der Waals surface area (Å²) < 4.78 is 0. The van der Waals surface area contributed by atoms with Crippen molar-refractivity contribution < 1.29 is 5.11 Å². The lowest BCUT2D eigenvalue weighted by atomic mass is 9.99. The molecule has 4 heteroatoms. The fraction of sp³-hybridized carbons (Fsp3) is 0.529. The van der Waals surface area contributed by atoms with Crippen molar-refractivity contribution in [3.63, 3.8) is 0 Å². The van der Waals surface area contributed by atoms with Crippen molar-refractivity contribution in [2.75, 3.05) is 20.2 Å². The zero-order valence-corrected chi connectivity index (χ0v) is 12.7. The lowest BCUT2D eigenvalue weighted by molar-refractivity contribution is 0.276. The number of rotatable bonds is 5. The Bertz CT molecular complexity index is 607. The van der Waals surface area contributed by atoms with Crippen LogP contribution in [0.1, 0.15) is 36.4 Å². The van der Waals surface area contributed by atoms with Crippen molar-refractivity contribution >= 4 is 10.9 Å². The van der Waals surface area contributed by atoms with Crippen molar-refractivity contribution in [1.29, 1.82) is 0 Å². The van der Waals surface area contributed by atoms with Crippen molar-refractivity contribution in [3.05, 3.63) is 35.5 Å². The summed E-state index contributed by atoms with van der Waals surface area (Å²) in [4.78, 5) is 5.82. The Kier molecular flexibility index (Phi) is 4.29. The summed E-state index contributed by atoms with van der Waals surface area (Å²) in [5.74, 6) is 0. The second kappa shape index (κ2) is 6.18. The highest BCUT2D eigenvalue weighted by atomic mass is 16.3. The predicted molar refractivity (Wildman–Crippen MR) is 86.3 cm³/mol. The Morgan fingerprint density at radius 3 is 3.05 bits per heavy atom. The lowest BCUT2D eigenvalue weighted by Gasteiger charge is -2.19. The third-order valence-electron chi connectivity index (χ3n) is 4.79. The monoisotopic (exact) mass is 287 g/mol. The van der Waals surface area contributed by atoms with Crippen LogP contribution in [0.5, 0.6) is 0 Å². The van der Waals surface area contributed by atoms with Gasteiger partial charge in [-0.1, -0.05) is 6.07 Å². The summed E-state index contributed by atoms with van der Waals surface area (Å²) in [7, 11) is 2.22. The fourth-order valence-corrected chi connectivity index (χ4v) is 3.39. The molecule has 3 rings (SSSR count). The van der Waals surface area contributed by atoms with Crippen LogP contribution in [0.25, 0.3) is 10.9 Å². The number of likely N-dealkylation sites (tertiary alicyclic amines) is 1. The van der Waals surface area contributed by atoms with Crippen LogP contribution in [-0.4, -0.2) is 41.2 Å². The van der Waals surface area contributed by atoms with E-state index in [1.165, 1.54) is 35.9 Å². The van der Waals surface area contributed by atoms with E-state index in [2.05, 4.69) is 41.3 Å². The molecule has 114 valence electrons. The number of nitrogens with one attached hydrogen (secondary N) is 1. The highest BCUT2D eigenvalue weighted by Gasteiger charge is 2.22. The molecule has 1 unspecified atom stereocenters. The Morgan fingerprint density at radius 1 is 1.48 bits per heavy atom. The van der Waals surface area contributed by atoms with Crippen LogP contribution in [0.3, 0.4) is 0 Å². The first-order valence-electron chi connectivity index (χ1n) is 7.85. The quantitative estimate of drug-likeness (QED) is 0.790. The molecular formula is C17H25N3O. The molecular weight excluding hydrogens is 262 g/mol. The van der Waals surface area contributed by atoms with Crippen molar-refractivity contribution in [2.45, 2.75) is 37.8 Å². The highest BCUT2D eigenvalue weighted by molar-refractivity contribution is 5.84. The zero-order chi connectivity index (χ0) is 14.8. The molecule has 1 aliphatic heterocycles. The van der Waals surface area contributed by atoms with Gasteiger partial charge in [0.25, 0.3) is 0 Å². The highest BCUT2D eigenvalue weighted by Crippen LogP contribution is 2.27. The molecule has 2 atom stereocenters. The van der Waals surface area contributed by atoms with Gasteiger partial charge in [0.1, 0.15) is 0 Å². The van der Waals surface area contributed by atoms with Crippen LogP contribution in [0, 0.1) is 0 Å². The molecule has 0 radical (unpaired) electrons. The van der Waals surface area contributed by atoms with Gasteiger partial charge >= 0.3 is 0 Å². The minimum Gasteiger partial charge on any atom is -0.396 e. The van der Waals surface area contributed by atoms with E-state index in [1.807, 2.05) is 0 Å². The van der Waals surface area contributed by atoms with Crippen LogP contribution < -0.4 is 5.73 Å². The van der Waals surface area contributed by atoms with E-state index in [1.54, 1.807) is 0 Å². The normalized spacial score (nSPS) is 21.2. The number of aromatic nitrogens is 1. The molecule has 2 aromatic rings. The average molecular weight is 287 g/mol. The molecule has 4 nitrogen and oxygen atoms in total. The number of nitrogens with two attached hydrogens (primary N) is 1. The first-order chi connectivity index (χ1) is 10.2. The van der Waals surface area contributed by atoms with E-state index in [9.17, 15) is 0 Å². The molecule has 0 spiro atoms. The summed E-state index contributed by atoms with van der Waals surface area (Å²) in [5, 5.41) is 10.3. The Morgan fingerprint density at radius 2 is 2.33 bits per heavy atom. The molecule has 0 bridgehead atoms. The van der Waals surface area contributed by atoms with Gasteiger partial charge in [0.2, 0.25) is 0 Å². The van der Waals surface area contributed by atoms with Gasteiger partial charge in [-0.25, -0.2) is 0 Å². The maximum Gasteiger partial charge on any atom is 0.0457 e. The van der Waals surface area contributed by atoms with Crippen LogP contribution in [0.2, 0.25) is 0 Å². The van der Waals surface area contributed by atoms with Gasteiger partial charge in [0, 0.05) is 35.8 Å². The Balaban J connectivity index is 1.87. The van der Waals surface area contributed by atoms with Gasteiger partial charge in [0.05, 0.1) is 0 Å². The second-order valence-corrected chi connectivity index (χ2v) is 6.22. The molecule has 0 aliphatic carbocycles. The van der Waals surface area contributed by atoms with Gasteiger partial charge in [-0.05, 0) is 62.5 Å². The van der Waals surface area contributed by atoms with Gasteiger partial charge in [-0.15, -0.1) is 0 Å². The smallest absolute Gasteiger partial charge is 0.0457 e. The molecule has 1 aliphatic rings. The van der Waals surface area contributed by atoms with Gasteiger partial charge in [0.15, 0.2) is 0 Å². The number of fused-ring (bicyclic) bond motifs is 1. The summed E-state index contributed by atoms with van der Waals surface area (Å²) in [5.41, 5.74) is 9.78. The van der Waals surface area contributed by atoms with E-state index in [4.69, 9.17) is 10.8 Å². The number of hydrogen-bond donors (Lipinski definition) is 3. The van der Waals surface area contributed by atoms with Crippen LogP contribution >= 0.6 is 0 Å².